The molecule has 0 radical (unpaired) electrons. The highest BCUT2D eigenvalue weighted by molar-refractivity contribution is 6.40. The molecule has 0 aromatic carbocycles. The quantitative estimate of drug-likeness (QED) is 0.439. The molecule has 0 heterocycles. The van der Waals surface area contributed by atoms with E-state index in [4.69, 9.17) is 5.11 Å². The van der Waals surface area contributed by atoms with Crippen molar-refractivity contribution in [3.05, 3.63) is 12.7 Å². The number of carbonyl (C=O) groups is 1. The summed E-state index contributed by atoms with van der Waals surface area (Å²) in [6.45, 7) is 3.21. The van der Waals surface area contributed by atoms with Gasteiger partial charge in [0.05, 0.1) is 0 Å². The maximum atomic E-state index is 10.0. The van der Waals surface area contributed by atoms with E-state index >= 15 is 0 Å². The molecule has 4 heteroatoms. The summed E-state index contributed by atoms with van der Waals surface area (Å²) >= 11 is 0. The maximum Gasteiger partial charge on any atom is 0.357 e. The molecule has 0 unspecified atom stereocenters. The molecule has 1 N–H and O–H groups in total. The van der Waals surface area contributed by atoms with E-state index in [1.54, 1.807) is 0 Å². The molecule has 0 rings (SSSR count). The Labute approximate surface area is 52.4 Å². The summed E-state index contributed by atoms with van der Waals surface area (Å²) < 4.78 is 0. The highest BCUT2D eigenvalue weighted by atomic mass is 16.6. The van der Waals surface area contributed by atoms with Gasteiger partial charge in [0.1, 0.15) is 7.11 Å². The van der Waals surface area contributed by atoms with Crippen LogP contribution in [-0.2, 0) is 9.63 Å². The molecule has 0 aromatic rings. The number of carboxylic acids is 1. The molecule has 0 aliphatic heterocycles. The number of carboxylic acid groups (broad SMARTS) is 1. The smallest absolute Gasteiger partial charge is 0.357 e. The van der Waals surface area contributed by atoms with E-state index in [2.05, 4.69) is 16.6 Å². The molecule has 0 saturated heterocycles. The van der Waals surface area contributed by atoms with Crippen LogP contribution in [0.1, 0.15) is 0 Å². The van der Waals surface area contributed by atoms with Gasteiger partial charge in [0.2, 0.25) is 0 Å². The second kappa shape index (κ2) is 3.65. The molecule has 50 valence electrons. The molecule has 0 amide bonds. The summed E-state index contributed by atoms with van der Waals surface area (Å²) in [6, 6.07) is 0. The highest BCUT2D eigenvalue weighted by Gasteiger charge is 2.02. The Morgan fingerprint density at radius 3 is 2.56 bits per heavy atom. The first-order valence-electron chi connectivity index (χ1n) is 2.19. The van der Waals surface area contributed by atoms with Gasteiger partial charge in [-0.05, 0) is 6.08 Å². The lowest BCUT2D eigenvalue weighted by atomic mass is 10.4. The normalized spacial score (nSPS) is 10.6. The van der Waals surface area contributed by atoms with Crippen molar-refractivity contribution < 1.29 is 14.7 Å². The minimum absolute atomic E-state index is 0.197. The molecular formula is C5H7NO3. The molecule has 0 spiro atoms. The van der Waals surface area contributed by atoms with Crippen LogP contribution in [-0.4, -0.2) is 23.9 Å². The van der Waals surface area contributed by atoms with Crippen molar-refractivity contribution in [2.45, 2.75) is 0 Å². The Hall–Kier alpha value is -1.32. The van der Waals surface area contributed by atoms with Crippen molar-refractivity contribution in [1.82, 2.24) is 0 Å². The minimum Gasteiger partial charge on any atom is -0.476 e. The van der Waals surface area contributed by atoms with Crippen LogP contribution in [0.2, 0.25) is 0 Å². The van der Waals surface area contributed by atoms with Crippen LogP contribution in [0.3, 0.4) is 0 Å². The van der Waals surface area contributed by atoms with Crippen molar-refractivity contribution >= 4 is 11.7 Å². The average molecular weight is 129 g/mol. The SMILES string of the molecule is C=CC(=NOC)C(=O)O. The van der Waals surface area contributed by atoms with Gasteiger partial charge in [0.25, 0.3) is 0 Å². The standard InChI is InChI=1S/C5H7NO3/c1-3-4(5(7)8)6-9-2/h3H,1H2,2H3,(H,7,8). The molecule has 0 bridgehead atoms. The number of hydrogen-bond acceptors (Lipinski definition) is 3. The third-order valence-corrected chi connectivity index (χ3v) is 0.602. The van der Waals surface area contributed by atoms with E-state index in [9.17, 15) is 4.79 Å². The summed E-state index contributed by atoms with van der Waals surface area (Å²) in [5.41, 5.74) is -0.197. The van der Waals surface area contributed by atoms with Crippen molar-refractivity contribution in [1.29, 1.82) is 0 Å². The van der Waals surface area contributed by atoms with Crippen LogP contribution in [0.4, 0.5) is 0 Å². The summed E-state index contributed by atoms with van der Waals surface area (Å²) in [6.07, 6.45) is 1.10. The van der Waals surface area contributed by atoms with E-state index < -0.39 is 5.97 Å². The fourth-order valence-corrected chi connectivity index (χ4v) is 0.262. The Morgan fingerprint density at radius 1 is 1.89 bits per heavy atom. The summed E-state index contributed by atoms with van der Waals surface area (Å²) in [5, 5.41) is 11.4. The molecule has 0 saturated carbocycles. The number of oxime groups is 1. The van der Waals surface area contributed by atoms with Crippen molar-refractivity contribution in [2.75, 3.05) is 7.11 Å². The first kappa shape index (κ1) is 7.68. The lowest BCUT2D eigenvalue weighted by Crippen LogP contribution is -2.09. The Balaban J connectivity index is 4.14. The van der Waals surface area contributed by atoms with Crippen LogP contribution in [0.15, 0.2) is 17.8 Å². The zero-order valence-electron chi connectivity index (χ0n) is 5.00. The first-order valence-corrected chi connectivity index (χ1v) is 2.19. The molecule has 0 aromatic heterocycles. The summed E-state index contributed by atoms with van der Waals surface area (Å²) in [4.78, 5) is 14.2. The van der Waals surface area contributed by atoms with Gasteiger partial charge in [-0.25, -0.2) is 4.79 Å². The van der Waals surface area contributed by atoms with Gasteiger partial charge < -0.3 is 9.94 Å². The summed E-state index contributed by atoms with van der Waals surface area (Å²) in [5.74, 6) is -1.15. The fourth-order valence-electron chi connectivity index (χ4n) is 0.262. The van der Waals surface area contributed by atoms with E-state index in [1.165, 1.54) is 7.11 Å². The van der Waals surface area contributed by atoms with Crippen LogP contribution in [0, 0.1) is 0 Å². The molecule has 0 atom stereocenters. The fraction of sp³-hybridized carbons (Fsp3) is 0.200. The molecule has 0 fully saturated rings. The zero-order chi connectivity index (χ0) is 7.28. The van der Waals surface area contributed by atoms with Crippen molar-refractivity contribution in [2.24, 2.45) is 5.16 Å². The van der Waals surface area contributed by atoms with E-state index in [0.717, 1.165) is 6.08 Å². The number of aliphatic carboxylic acids is 1. The van der Waals surface area contributed by atoms with Gasteiger partial charge in [-0.2, -0.15) is 0 Å². The predicted molar refractivity (Wildman–Crippen MR) is 32.3 cm³/mol. The first-order chi connectivity index (χ1) is 4.22. The van der Waals surface area contributed by atoms with Crippen molar-refractivity contribution in [3.8, 4) is 0 Å². The second-order valence-electron chi connectivity index (χ2n) is 1.17. The third-order valence-electron chi connectivity index (χ3n) is 0.602. The number of hydrogen-bond donors (Lipinski definition) is 1. The van der Waals surface area contributed by atoms with Gasteiger partial charge in [-0.1, -0.05) is 11.7 Å². The van der Waals surface area contributed by atoms with Gasteiger partial charge >= 0.3 is 5.97 Å². The van der Waals surface area contributed by atoms with Gasteiger partial charge in [-0.15, -0.1) is 0 Å². The van der Waals surface area contributed by atoms with E-state index in [1.807, 2.05) is 0 Å². The van der Waals surface area contributed by atoms with Crippen LogP contribution in [0.5, 0.6) is 0 Å². The average Bonchev–Trinajstić information content (AvgIpc) is 1.82. The largest absolute Gasteiger partial charge is 0.476 e. The predicted octanol–water partition coefficient (Wildman–Crippen LogP) is 0.259. The van der Waals surface area contributed by atoms with Gasteiger partial charge in [0, 0.05) is 0 Å². The summed E-state index contributed by atoms with van der Waals surface area (Å²) in [7, 11) is 1.27. The van der Waals surface area contributed by atoms with Crippen LogP contribution >= 0.6 is 0 Å². The molecule has 0 aliphatic rings. The number of rotatable bonds is 3. The van der Waals surface area contributed by atoms with Crippen molar-refractivity contribution in [3.63, 3.8) is 0 Å². The number of nitrogens with zero attached hydrogens (tertiary/aromatic N) is 1. The lowest BCUT2D eigenvalue weighted by Gasteiger charge is -1.89. The Bertz CT molecular complexity index is 150. The maximum absolute atomic E-state index is 10.0. The molecular weight excluding hydrogens is 122 g/mol. The lowest BCUT2D eigenvalue weighted by molar-refractivity contribution is -0.129. The minimum atomic E-state index is -1.15. The topological polar surface area (TPSA) is 58.9 Å². The third kappa shape index (κ3) is 2.48. The van der Waals surface area contributed by atoms with E-state index in [0.29, 0.717) is 0 Å². The Kier molecular flexibility index (Phi) is 3.12. The van der Waals surface area contributed by atoms with Crippen LogP contribution in [0.25, 0.3) is 0 Å². The monoisotopic (exact) mass is 129 g/mol. The molecule has 9 heavy (non-hydrogen) atoms. The molecule has 4 nitrogen and oxygen atoms in total. The van der Waals surface area contributed by atoms with Gasteiger partial charge in [-0.3, -0.25) is 0 Å². The highest BCUT2D eigenvalue weighted by Crippen LogP contribution is 1.80. The molecule has 0 aliphatic carbocycles. The second-order valence-corrected chi connectivity index (χ2v) is 1.17. The Morgan fingerprint density at radius 2 is 2.44 bits per heavy atom. The zero-order valence-corrected chi connectivity index (χ0v) is 5.00. The van der Waals surface area contributed by atoms with E-state index in [-0.39, 0.29) is 5.71 Å². The van der Waals surface area contributed by atoms with Crippen LogP contribution < -0.4 is 0 Å². The van der Waals surface area contributed by atoms with Gasteiger partial charge in [0.15, 0.2) is 5.71 Å².